The molecule has 1 unspecified atom stereocenters. The van der Waals surface area contributed by atoms with E-state index in [1.807, 2.05) is 0 Å². The minimum Gasteiger partial charge on any atom is -0.364 e. The number of nitrogens with one attached hydrogen (secondary N) is 1. The Morgan fingerprint density at radius 1 is 1.38 bits per heavy atom. The summed E-state index contributed by atoms with van der Waals surface area (Å²) in [5.41, 5.74) is 1.17. The van der Waals surface area contributed by atoms with Crippen LogP contribution in [0.25, 0.3) is 0 Å². The fourth-order valence-electron chi connectivity index (χ4n) is 2.85. The highest BCUT2D eigenvalue weighted by molar-refractivity contribution is 5.37. The van der Waals surface area contributed by atoms with Gasteiger partial charge in [0, 0.05) is 12.6 Å². The Hall–Kier alpha value is -1.16. The smallest absolute Gasteiger partial charge is 0.149 e. The Morgan fingerprint density at radius 2 is 2.19 bits per heavy atom. The Balaban J connectivity index is 1.71. The number of aromatic nitrogens is 2. The van der Waals surface area contributed by atoms with Gasteiger partial charge in [-0.3, -0.25) is 0 Å². The van der Waals surface area contributed by atoms with Crippen molar-refractivity contribution in [1.82, 2.24) is 15.1 Å². The van der Waals surface area contributed by atoms with Gasteiger partial charge in [0.05, 0.1) is 6.20 Å². The summed E-state index contributed by atoms with van der Waals surface area (Å²) < 4.78 is 0. The van der Waals surface area contributed by atoms with Crippen LogP contribution in [0.4, 0.5) is 5.82 Å². The molecule has 4 rings (SSSR count). The van der Waals surface area contributed by atoms with Crippen molar-refractivity contribution in [3.63, 3.8) is 0 Å². The summed E-state index contributed by atoms with van der Waals surface area (Å²) in [5.74, 6) is 1.76. The summed E-state index contributed by atoms with van der Waals surface area (Å²) in [6, 6.07) is 2.64. The summed E-state index contributed by atoms with van der Waals surface area (Å²) in [4.78, 5) is 2.54. The third-order valence-electron chi connectivity index (χ3n) is 3.78. The minimum atomic E-state index is 0.568. The largest absolute Gasteiger partial charge is 0.364 e. The maximum atomic E-state index is 4.14. The standard InChI is InChI=1S/C12H18N4/c1-9-6-12(15-13-7-9)14-11-8-16-4-2-10(11)3-5-16/h6-7,10-11H,2-5,8H2,1H3,(H,14,15). The molecule has 3 aliphatic heterocycles. The Labute approximate surface area is 96.1 Å². The second-order valence-corrected chi connectivity index (χ2v) is 5.01. The van der Waals surface area contributed by atoms with Crippen LogP contribution in [0, 0.1) is 12.8 Å². The molecule has 2 bridgehead atoms. The number of fused-ring (bicyclic) bond motifs is 3. The third-order valence-corrected chi connectivity index (χ3v) is 3.78. The number of aryl methyl sites for hydroxylation is 1. The molecule has 4 heteroatoms. The quantitative estimate of drug-likeness (QED) is 0.812. The van der Waals surface area contributed by atoms with Crippen molar-refractivity contribution >= 4 is 5.82 Å². The molecule has 0 radical (unpaired) electrons. The lowest BCUT2D eigenvalue weighted by Crippen LogP contribution is -2.53. The minimum absolute atomic E-state index is 0.568. The Kier molecular flexibility index (Phi) is 2.52. The maximum Gasteiger partial charge on any atom is 0.149 e. The SMILES string of the molecule is Cc1cnnc(NC2CN3CCC2CC3)c1. The molecule has 4 nitrogen and oxygen atoms in total. The van der Waals surface area contributed by atoms with Crippen LogP contribution in [0.2, 0.25) is 0 Å². The first-order valence-electron chi connectivity index (χ1n) is 6.09. The number of piperidine rings is 3. The van der Waals surface area contributed by atoms with Crippen LogP contribution in [0.5, 0.6) is 0 Å². The van der Waals surface area contributed by atoms with E-state index in [0.29, 0.717) is 6.04 Å². The molecule has 3 saturated heterocycles. The Bertz CT molecular complexity index is 371. The molecule has 1 N–H and O–H groups in total. The third kappa shape index (κ3) is 1.89. The molecular formula is C12H18N4. The van der Waals surface area contributed by atoms with E-state index in [2.05, 4.69) is 33.4 Å². The number of rotatable bonds is 2. The van der Waals surface area contributed by atoms with Crippen molar-refractivity contribution in [1.29, 1.82) is 0 Å². The van der Waals surface area contributed by atoms with Gasteiger partial charge in [0.15, 0.2) is 0 Å². The van der Waals surface area contributed by atoms with Gasteiger partial charge in [-0.2, -0.15) is 5.10 Å². The first-order valence-corrected chi connectivity index (χ1v) is 6.09. The first-order chi connectivity index (χ1) is 7.81. The van der Waals surface area contributed by atoms with Crippen molar-refractivity contribution < 1.29 is 0 Å². The molecule has 0 spiro atoms. The summed E-state index contributed by atoms with van der Waals surface area (Å²) in [5, 5.41) is 11.7. The summed E-state index contributed by atoms with van der Waals surface area (Å²) in [7, 11) is 0. The van der Waals surface area contributed by atoms with Gasteiger partial charge in [-0.25, -0.2) is 0 Å². The second-order valence-electron chi connectivity index (χ2n) is 5.01. The second kappa shape index (κ2) is 4.01. The molecule has 1 aromatic heterocycles. The van der Waals surface area contributed by atoms with Gasteiger partial charge in [0.1, 0.15) is 5.82 Å². The van der Waals surface area contributed by atoms with E-state index in [-0.39, 0.29) is 0 Å². The molecule has 0 amide bonds. The van der Waals surface area contributed by atoms with Crippen LogP contribution in [-0.2, 0) is 0 Å². The zero-order chi connectivity index (χ0) is 11.0. The van der Waals surface area contributed by atoms with Gasteiger partial charge in [-0.05, 0) is 50.4 Å². The average Bonchev–Trinajstić information content (AvgIpc) is 2.30. The number of hydrogen-bond acceptors (Lipinski definition) is 4. The average molecular weight is 218 g/mol. The van der Waals surface area contributed by atoms with Crippen LogP contribution in [-0.4, -0.2) is 40.8 Å². The lowest BCUT2D eigenvalue weighted by atomic mass is 9.84. The van der Waals surface area contributed by atoms with Crippen molar-refractivity contribution in [2.24, 2.45) is 5.92 Å². The summed E-state index contributed by atoms with van der Waals surface area (Å²) in [6.07, 6.45) is 4.45. The number of nitrogens with zero attached hydrogens (tertiary/aromatic N) is 3. The lowest BCUT2D eigenvalue weighted by Gasteiger charge is -2.45. The molecule has 16 heavy (non-hydrogen) atoms. The fraction of sp³-hybridized carbons (Fsp3) is 0.667. The normalized spacial score (nSPS) is 32.7. The van der Waals surface area contributed by atoms with Crippen LogP contribution >= 0.6 is 0 Å². The van der Waals surface area contributed by atoms with Gasteiger partial charge in [0.25, 0.3) is 0 Å². The van der Waals surface area contributed by atoms with Crippen LogP contribution in [0.3, 0.4) is 0 Å². The fourth-order valence-corrected chi connectivity index (χ4v) is 2.85. The molecule has 3 fully saturated rings. The van der Waals surface area contributed by atoms with Gasteiger partial charge < -0.3 is 10.2 Å². The van der Waals surface area contributed by atoms with E-state index in [9.17, 15) is 0 Å². The number of hydrogen-bond donors (Lipinski definition) is 1. The number of anilines is 1. The molecule has 1 aromatic rings. The first kappa shape index (κ1) is 10.0. The van der Waals surface area contributed by atoms with Crippen LogP contribution in [0.1, 0.15) is 18.4 Å². The van der Waals surface area contributed by atoms with Gasteiger partial charge in [-0.15, -0.1) is 5.10 Å². The summed E-state index contributed by atoms with van der Waals surface area (Å²) in [6.45, 7) is 5.78. The van der Waals surface area contributed by atoms with E-state index in [0.717, 1.165) is 11.7 Å². The van der Waals surface area contributed by atoms with Gasteiger partial charge in [-0.1, -0.05) is 0 Å². The molecule has 0 saturated carbocycles. The highest BCUT2D eigenvalue weighted by Crippen LogP contribution is 2.29. The van der Waals surface area contributed by atoms with Crippen LogP contribution in [0.15, 0.2) is 12.3 Å². The van der Waals surface area contributed by atoms with Crippen molar-refractivity contribution in [3.05, 3.63) is 17.8 Å². The monoisotopic (exact) mass is 218 g/mol. The molecule has 3 aliphatic rings. The highest BCUT2D eigenvalue weighted by Gasteiger charge is 2.34. The van der Waals surface area contributed by atoms with E-state index in [1.54, 1.807) is 6.20 Å². The Morgan fingerprint density at radius 3 is 2.81 bits per heavy atom. The topological polar surface area (TPSA) is 41.1 Å². The maximum absolute atomic E-state index is 4.14. The molecule has 4 heterocycles. The molecule has 86 valence electrons. The highest BCUT2D eigenvalue weighted by atomic mass is 15.2. The zero-order valence-corrected chi connectivity index (χ0v) is 9.69. The van der Waals surface area contributed by atoms with E-state index in [1.165, 1.54) is 38.0 Å². The summed E-state index contributed by atoms with van der Waals surface area (Å²) >= 11 is 0. The van der Waals surface area contributed by atoms with Gasteiger partial charge in [0.2, 0.25) is 0 Å². The van der Waals surface area contributed by atoms with E-state index >= 15 is 0 Å². The van der Waals surface area contributed by atoms with Gasteiger partial charge >= 0.3 is 0 Å². The molecule has 1 atom stereocenters. The van der Waals surface area contributed by atoms with E-state index in [4.69, 9.17) is 0 Å². The van der Waals surface area contributed by atoms with E-state index < -0.39 is 0 Å². The molecule has 0 aliphatic carbocycles. The van der Waals surface area contributed by atoms with Crippen LogP contribution < -0.4 is 5.32 Å². The molecule has 0 aromatic carbocycles. The van der Waals surface area contributed by atoms with Crippen molar-refractivity contribution in [2.75, 3.05) is 25.0 Å². The molecular weight excluding hydrogens is 200 g/mol. The van der Waals surface area contributed by atoms with Crippen molar-refractivity contribution in [2.45, 2.75) is 25.8 Å². The zero-order valence-electron chi connectivity index (χ0n) is 9.69. The lowest BCUT2D eigenvalue weighted by molar-refractivity contribution is 0.0973. The predicted molar refractivity (Wildman–Crippen MR) is 63.3 cm³/mol. The predicted octanol–water partition coefficient (Wildman–Crippen LogP) is 1.29. The van der Waals surface area contributed by atoms with Crippen molar-refractivity contribution in [3.8, 4) is 0 Å².